The Labute approximate surface area is 216 Å². The molecule has 0 atom stereocenters. The van der Waals surface area contributed by atoms with Crippen molar-refractivity contribution in [3.05, 3.63) is 23.3 Å². The predicted octanol–water partition coefficient (Wildman–Crippen LogP) is 0.781. The zero-order chi connectivity index (χ0) is 27.0. The molecule has 1 aromatic carbocycles. The minimum atomic E-state index is -3.89. The van der Waals surface area contributed by atoms with Gasteiger partial charge in [0.15, 0.2) is 0 Å². The van der Waals surface area contributed by atoms with Crippen molar-refractivity contribution >= 4 is 21.8 Å². The molecule has 0 radical (unpaired) electrons. The van der Waals surface area contributed by atoms with Crippen LogP contribution in [0, 0.1) is 19.8 Å². The maximum Gasteiger partial charge on any atom is 0.243 e. The number of hydrogen-bond acceptors (Lipinski definition) is 7. The number of benzene rings is 1. The van der Waals surface area contributed by atoms with E-state index in [0.29, 0.717) is 29.3 Å². The highest BCUT2D eigenvalue weighted by atomic mass is 32.2. The number of amides is 2. The van der Waals surface area contributed by atoms with Gasteiger partial charge in [-0.3, -0.25) is 9.59 Å². The van der Waals surface area contributed by atoms with E-state index < -0.39 is 15.9 Å². The van der Waals surface area contributed by atoms with Gasteiger partial charge >= 0.3 is 0 Å². The van der Waals surface area contributed by atoms with Crippen LogP contribution in [0.1, 0.15) is 24.0 Å². The third-order valence-corrected chi connectivity index (χ3v) is 8.78. The Hall–Kier alpha value is -2.21. The summed E-state index contributed by atoms with van der Waals surface area (Å²) in [7, 11) is 4.89. The Morgan fingerprint density at radius 3 is 2.19 bits per heavy atom. The molecule has 1 aliphatic heterocycles. The van der Waals surface area contributed by atoms with Gasteiger partial charge in [-0.25, -0.2) is 8.42 Å². The molecule has 2 rings (SSSR count). The maximum atomic E-state index is 13.1. The van der Waals surface area contributed by atoms with E-state index in [1.165, 1.54) is 14.2 Å². The van der Waals surface area contributed by atoms with Gasteiger partial charge in [-0.15, -0.1) is 0 Å². The summed E-state index contributed by atoms with van der Waals surface area (Å²) in [4.78, 5) is 31.5. The van der Waals surface area contributed by atoms with E-state index in [0.717, 1.165) is 43.3 Å². The van der Waals surface area contributed by atoms with Crippen LogP contribution in [0.25, 0.3) is 0 Å². The summed E-state index contributed by atoms with van der Waals surface area (Å²) in [5.41, 5.74) is 1.08. The summed E-state index contributed by atoms with van der Waals surface area (Å²) in [6, 6.07) is 3.30. The summed E-state index contributed by atoms with van der Waals surface area (Å²) in [5.74, 6) is 0.297. The van der Waals surface area contributed by atoms with Gasteiger partial charge in [0.05, 0.1) is 25.1 Å². The van der Waals surface area contributed by atoms with Crippen molar-refractivity contribution in [1.29, 1.82) is 0 Å². The summed E-state index contributed by atoms with van der Waals surface area (Å²) >= 11 is 0. The predicted molar refractivity (Wildman–Crippen MR) is 141 cm³/mol. The lowest BCUT2D eigenvalue weighted by atomic mass is 9.96. The van der Waals surface area contributed by atoms with E-state index in [1.54, 1.807) is 37.9 Å². The lowest BCUT2D eigenvalue weighted by Gasteiger charge is -2.34. The molecule has 1 fully saturated rings. The Morgan fingerprint density at radius 2 is 1.67 bits per heavy atom. The number of ether oxygens (including phenoxy) is 1. The van der Waals surface area contributed by atoms with Crippen molar-refractivity contribution in [2.45, 2.75) is 31.6 Å². The minimum absolute atomic E-state index is 0.155. The van der Waals surface area contributed by atoms with Gasteiger partial charge in [-0.2, -0.15) is 4.31 Å². The van der Waals surface area contributed by atoms with Crippen LogP contribution in [-0.4, -0.2) is 120 Å². The number of carbonyl (C=O) groups excluding carboxylic acids is 2. The van der Waals surface area contributed by atoms with E-state index in [-0.39, 0.29) is 23.9 Å². The van der Waals surface area contributed by atoms with Crippen LogP contribution < -0.4 is 10.1 Å². The molecule has 11 heteroatoms. The first-order valence-electron chi connectivity index (χ1n) is 12.3. The molecule has 0 spiro atoms. The fraction of sp³-hybridized carbons (Fsp3) is 0.680. The summed E-state index contributed by atoms with van der Waals surface area (Å²) in [5, 5.41) is 2.57. The van der Waals surface area contributed by atoms with E-state index in [9.17, 15) is 18.0 Å². The zero-order valence-corrected chi connectivity index (χ0v) is 23.7. The number of nitrogens with zero attached hydrogens (tertiary/aromatic N) is 4. The van der Waals surface area contributed by atoms with Crippen LogP contribution in [0.3, 0.4) is 0 Å². The lowest BCUT2D eigenvalue weighted by molar-refractivity contribution is -0.132. The quantitative estimate of drug-likeness (QED) is 0.430. The van der Waals surface area contributed by atoms with Crippen LogP contribution in [0.4, 0.5) is 0 Å². The number of methoxy groups -OCH3 is 1. The number of carbonyl (C=O) groups is 2. The molecule has 1 aliphatic rings. The highest BCUT2D eigenvalue weighted by Crippen LogP contribution is 2.27. The van der Waals surface area contributed by atoms with Gasteiger partial charge in [-0.1, -0.05) is 0 Å². The van der Waals surface area contributed by atoms with Gasteiger partial charge in [0.2, 0.25) is 21.8 Å². The first kappa shape index (κ1) is 30.0. The van der Waals surface area contributed by atoms with Crippen molar-refractivity contribution in [1.82, 2.24) is 24.3 Å². The summed E-state index contributed by atoms with van der Waals surface area (Å²) in [6.45, 7) is 7.66. The van der Waals surface area contributed by atoms with Crippen LogP contribution in [0.5, 0.6) is 5.75 Å². The van der Waals surface area contributed by atoms with E-state index in [1.807, 2.05) is 0 Å². The lowest BCUT2D eigenvalue weighted by Crippen LogP contribution is -2.45. The molecule has 10 nitrogen and oxygen atoms in total. The fourth-order valence-electron chi connectivity index (χ4n) is 4.47. The Kier molecular flexibility index (Phi) is 11.1. The average Bonchev–Trinajstić information content (AvgIpc) is 2.81. The van der Waals surface area contributed by atoms with E-state index in [4.69, 9.17) is 4.74 Å². The van der Waals surface area contributed by atoms with Gasteiger partial charge in [0, 0.05) is 33.7 Å². The van der Waals surface area contributed by atoms with Crippen LogP contribution in [0.2, 0.25) is 0 Å². The van der Waals surface area contributed by atoms with Crippen molar-refractivity contribution in [2.75, 3.05) is 81.1 Å². The molecule has 1 aromatic rings. The summed E-state index contributed by atoms with van der Waals surface area (Å²) in [6.07, 6.45) is 2.09. The van der Waals surface area contributed by atoms with E-state index in [2.05, 4.69) is 29.2 Å². The molecular weight excluding hydrogens is 482 g/mol. The van der Waals surface area contributed by atoms with Crippen molar-refractivity contribution in [2.24, 2.45) is 5.92 Å². The third-order valence-electron chi connectivity index (χ3n) is 6.67. The van der Waals surface area contributed by atoms with E-state index >= 15 is 0 Å². The van der Waals surface area contributed by atoms with Crippen LogP contribution in [-0.2, 0) is 19.6 Å². The SMILES string of the molecule is COc1cc(C)c(S(=O)(=O)N(C)CC(=O)NCC(=O)N(C)CC2CCN(CCN(C)C)CC2)c(C)c1. The number of aryl methyl sites for hydroxylation is 2. The molecule has 0 saturated carbocycles. The Balaban J connectivity index is 1.81. The summed E-state index contributed by atoms with van der Waals surface area (Å²) < 4.78 is 32.4. The monoisotopic (exact) mass is 525 g/mol. The molecule has 0 bridgehead atoms. The maximum absolute atomic E-state index is 13.1. The first-order valence-corrected chi connectivity index (χ1v) is 13.8. The molecule has 2 amide bonds. The number of hydrogen-bond donors (Lipinski definition) is 1. The van der Waals surface area contributed by atoms with Gasteiger partial charge in [0.1, 0.15) is 5.75 Å². The molecule has 0 aromatic heterocycles. The average molecular weight is 526 g/mol. The molecule has 1 saturated heterocycles. The van der Waals surface area contributed by atoms with Gasteiger partial charge in [0.25, 0.3) is 0 Å². The fourth-order valence-corrected chi connectivity index (χ4v) is 6.00. The molecule has 204 valence electrons. The third kappa shape index (κ3) is 8.43. The number of piperidine rings is 1. The molecule has 36 heavy (non-hydrogen) atoms. The Morgan fingerprint density at radius 1 is 1.08 bits per heavy atom. The standard InChI is InChI=1S/C25H43N5O5S/c1-19-14-22(35-7)15-20(2)25(19)36(33,34)29(6)18-23(31)26-16-24(32)28(5)17-21-8-10-30(11-9-21)13-12-27(3)4/h14-15,21H,8-13,16-18H2,1-7H3,(H,26,31). The van der Waals surface area contributed by atoms with Crippen molar-refractivity contribution in [3.63, 3.8) is 0 Å². The van der Waals surface area contributed by atoms with Gasteiger partial charge in [-0.05, 0) is 83.1 Å². The van der Waals surface area contributed by atoms with Crippen molar-refractivity contribution < 1.29 is 22.7 Å². The number of rotatable bonds is 12. The number of sulfonamides is 1. The molecule has 1 N–H and O–H groups in total. The van der Waals surface area contributed by atoms with Crippen LogP contribution >= 0.6 is 0 Å². The number of likely N-dealkylation sites (N-methyl/N-ethyl adjacent to an activating group) is 3. The molecular formula is C25H43N5O5S. The largest absolute Gasteiger partial charge is 0.497 e. The second-order valence-electron chi connectivity index (χ2n) is 9.99. The number of likely N-dealkylation sites (tertiary alicyclic amines) is 1. The second-order valence-corrected chi connectivity index (χ2v) is 12.0. The van der Waals surface area contributed by atoms with Gasteiger partial charge < -0.3 is 24.8 Å². The normalized spacial score (nSPS) is 15.4. The smallest absolute Gasteiger partial charge is 0.243 e. The second kappa shape index (κ2) is 13.4. The van der Waals surface area contributed by atoms with Crippen LogP contribution in [0.15, 0.2) is 17.0 Å². The molecule has 0 unspecified atom stereocenters. The highest BCUT2D eigenvalue weighted by Gasteiger charge is 2.27. The molecule has 0 aliphatic carbocycles. The Bertz CT molecular complexity index is 983. The minimum Gasteiger partial charge on any atom is -0.497 e. The molecule has 1 heterocycles. The topological polar surface area (TPSA) is 102 Å². The number of nitrogens with one attached hydrogen (secondary N) is 1. The highest BCUT2D eigenvalue weighted by molar-refractivity contribution is 7.89. The zero-order valence-electron chi connectivity index (χ0n) is 22.8. The van der Waals surface area contributed by atoms with Crippen molar-refractivity contribution in [3.8, 4) is 5.75 Å². The first-order chi connectivity index (χ1) is 16.8.